The molecule has 0 fully saturated rings. The van der Waals surface area contributed by atoms with Crippen molar-refractivity contribution in [1.29, 1.82) is 0 Å². The summed E-state index contributed by atoms with van der Waals surface area (Å²) < 4.78 is 21.3. The van der Waals surface area contributed by atoms with E-state index in [4.69, 9.17) is 13.6 Å². The van der Waals surface area contributed by atoms with Gasteiger partial charge in [-0.15, -0.1) is 0 Å². The maximum Gasteiger partial charge on any atom is 0.373 e. The predicted octanol–water partition coefficient (Wildman–Crippen LogP) is 4.63. The maximum atomic E-state index is 12.8. The van der Waals surface area contributed by atoms with Gasteiger partial charge in [0.15, 0.2) is 0 Å². The van der Waals surface area contributed by atoms with Crippen molar-refractivity contribution in [3.8, 4) is 22.8 Å². The first-order valence-corrected chi connectivity index (χ1v) is 8.13. The molecular weight excluding hydrogens is 348 g/mol. The standard InChI is InChI=1S/C21H14O6/c1-24-21(23)18-10-9-17(27-18)16-12-25-19-11-14(7-8-15(19)20(16)22)26-13-5-3-2-4-6-13/h2-12H,1H3. The van der Waals surface area contributed by atoms with Gasteiger partial charge in [0.1, 0.15) is 34.7 Å². The van der Waals surface area contributed by atoms with Crippen LogP contribution < -0.4 is 10.2 Å². The highest BCUT2D eigenvalue weighted by atomic mass is 16.5. The monoisotopic (exact) mass is 362 g/mol. The van der Waals surface area contributed by atoms with Crippen molar-refractivity contribution in [2.24, 2.45) is 0 Å². The van der Waals surface area contributed by atoms with Crippen LogP contribution in [0.4, 0.5) is 0 Å². The number of hydrogen-bond acceptors (Lipinski definition) is 6. The van der Waals surface area contributed by atoms with Crippen molar-refractivity contribution >= 4 is 16.9 Å². The van der Waals surface area contributed by atoms with Gasteiger partial charge in [-0.25, -0.2) is 4.79 Å². The van der Waals surface area contributed by atoms with Gasteiger partial charge in [0, 0.05) is 6.07 Å². The molecule has 0 spiro atoms. The molecule has 0 aliphatic heterocycles. The summed E-state index contributed by atoms with van der Waals surface area (Å²) in [7, 11) is 1.25. The first-order valence-electron chi connectivity index (χ1n) is 8.13. The highest BCUT2D eigenvalue weighted by Crippen LogP contribution is 2.27. The molecule has 2 heterocycles. The van der Waals surface area contributed by atoms with E-state index >= 15 is 0 Å². The molecule has 0 aliphatic rings. The SMILES string of the molecule is COC(=O)c1ccc(-c2coc3cc(Oc4ccccc4)ccc3c2=O)o1. The van der Waals surface area contributed by atoms with Crippen LogP contribution in [0.1, 0.15) is 10.6 Å². The Bertz CT molecular complexity index is 1170. The van der Waals surface area contributed by atoms with Gasteiger partial charge in [-0.2, -0.15) is 0 Å². The highest BCUT2D eigenvalue weighted by molar-refractivity contribution is 5.87. The Balaban J connectivity index is 1.70. The molecule has 0 aliphatic carbocycles. The average Bonchev–Trinajstić information content (AvgIpc) is 3.18. The van der Waals surface area contributed by atoms with Gasteiger partial charge < -0.3 is 18.3 Å². The van der Waals surface area contributed by atoms with Gasteiger partial charge in [0.25, 0.3) is 0 Å². The number of hydrogen-bond donors (Lipinski definition) is 0. The summed E-state index contributed by atoms with van der Waals surface area (Å²) in [6.07, 6.45) is 1.30. The Morgan fingerprint density at radius 3 is 2.56 bits per heavy atom. The largest absolute Gasteiger partial charge is 0.463 e. The summed E-state index contributed by atoms with van der Waals surface area (Å²) >= 11 is 0. The third kappa shape index (κ3) is 3.20. The summed E-state index contributed by atoms with van der Waals surface area (Å²) in [5.74, 6) is 0.862. The Hall–Kier alpha value is -3.80. The van der Waals surface area contributed by atoms with Gasteiger partial charge >= 0.3 is 5.97 Å². The van der Waals surface area contributed by atoms with Crippen molar-refractivity contribution < 1.29 is 23.1 Å². The number of esters is 1. The third-order valence-corrected chi connectivity index (χ3v) is 3.98. The van der Waals surface area contributed by atoms with E-state index in [2.05, 4.69) is 4.74 Å². The van der Waals surface area contributed by atoms with Crippen LogP contribution in [-0.2, 0) is 4.74 Å². The fraction of sp³-hybridized carbons (Fsp3) is 0.0476. The van der Waals surface area contributed by atoms with E-state index in [1.54, 1.807) is 18.2 Å². The van der Waals surface area contributed by atoms with Crippen molar-refractivity contribution in [2.75, 3.05) is 7.11 Å². The van der Waals surface area contributed by atoms with Crippen LogP contribution >= 0.6 is 0 Å². The maximum absolute atomic E-state index is 12.8. The fourth-order valence-electron chi connectivity index (χ4n) is 2.66. The van der Waals surface area contributed by atoms with Crippen molar-refractivity contribution in [3.63, 3.8) is 0 Å². The van der Waals surface area contributed by atoms with E-state index in [1.165, 1.54) is 25.5 Å². The second-order valence-electron chi connectivity index (χ2n) is 5.71. The average molecular weight is 362 g/mol. The number of rotatable bonds is 4. The Kier molecular flexibility index (Phi) is 4.22. The van der Waals surface area contributed by atoms with E-state index < -0.39 is 5.97 Å². The summed E-state index contributed by atoms with van der Waals surface area (Å²) in [5, 5.41) is 0.379. The van der Waals surface area contributed by atoms with E-state index in [0.29, 0.717) is 22.5 Å². The molecule has 0 unspecified atom stereocenters. The Morgan fingerprint density at radius 1 is 0.963 bits per heavy atom. The number of carbonyl (C=O) groups is 1. The van der Waals surface area contributed by atoms with E-state index in [-0.39, 0.29) is 22.5 Å². The molecule has 0 N–H and O–H groups in total. The lowest BCUT2D eigenvalue weighted by molar-refractivity contribution is 0.0566. The molecule has 0 saturated heterocycles. The minimum atomic E-state index is -0.617. The summed E-state index contributed by atoms with van der Waals surface area (Å²) in [5.41, 5.74) is 0.333. The van der Waals surface area contributed by atoms with E-state index in [9.17, 15) is 9.59 Å². The smallest absolute Gasteiger partial charge is 0.373 e. The third-order valence-electron chi connectivity index (χ3n) is 3.98. The van der Waals surface area contributed by atoms with Crippen LogP contribution in [0.25, 0.3) is 22.3 Å². The van der Waals surface area contributed by atoms with Gasteiger partial charge in [0.2, 0.25) is 11.2 Å². The Morgan fingerprint density at radius 2 is 1.78 bits per heavy atom. The molecule has 0 saturated carbocycles. The summed E-state index contributed by atoms with van der Waals surface area (Å²) in [6, 6.07) is 17.2. The van der Waals surface area contributed by atoms with Crippen molar-refractivity contribution in [1.82, 2.24) is 0 Å². The van der Waals surface area contributed by atoms with Crippen molar-refractivity contribution in [2.45, 2.75) is 0 Å². The lowest BCUT2D eigenvalue weighted by Gasteiger charge is -2.06. The second kappa shape index (κ2) is 6.84. The first-order chi connectivity index (χ1) is 13.2. The van der Waals surface area contributed by atoms with E-state index in [1.807, 2.05) is 30.3 Å². The van der Waals surface area contributed by atoms with Crippen LogP contribution in [-0.4, -0.2) is 13.1 Å². The van der Waals surface area contributed by atoms with Gasteiger partial charge in [-0.3, -0.25) is 4.79 Å². The number of methoxy groups -OCH3 is 1. The van der Waals surface area contributed by atoms with Crippen LogP contribution in [0.2, 0.25) is 0 Å². The minimum absolute atomic E-state index is 0.0126. The molecule has 4 aromatic rings. The minimum Gasteiger partial charge on any atom is -0.463 e. The molecule has 134 valence electrons. The zero-order chi connectivity index (χ0) is 18.8. The first kappa shape index (κ1) is 16.7. The van der Waals surface area contributed by atoms with Gasteiger partial charge in [0.05, 0.1) is 12.5 Å². The van der Waals surface area contributed by atoms with E-state index in [0.717, 1.165) is 0 Å². The molecule has 27 heavy (non-hydrogen) atoms. The molecule has 6 heteroatoms. The number of furan rings is 1. The molecule has 0 atom stereocenters. The molecule has 0 bridgehead atoms. The number of fused-ring (bicyclic) bond motifs is 1. The zero-order valence-electron chi connectivity index (χ0n) is 14.3. The van der Waals surface area contributed by atoms with Crippen LogP contribution in [0.15, 0.2) is 80.6 Å². The van der Waals surface area contributed by atoms with Crippen LogP contribution in [0.3, 0.4) is 0 Å². The topological polar surface area (TPSA) is 78.9 Å². The zero-order valence-corrected chi connectivity index (χ0v) is 14.3. The molecule has 2 aromatic heterocycles. The number of para-hydroxylation sites is 1. The van der Waals surface area contributed by atoms with Gasteiger partial charge in [-0.05, 0) is 36.4 Å². The quantitative estimate of drug-likeness (QED) is 0.493. The number of carbonyl (C=O) groups excluding carboxylic acids is 1. The molecule has 2 aromatic carbocycles. The van der Waals surface area contributed by atoms with Crippen LogP contribution in [0, 0.1) is 0 Å². The number of ether oxygens (including phenoxy) is 2. The normalized spacial score (nSPS) is 10.7. The summed E-state index contributed by atoms with van der Waals surface area (Å²) in [4.78, 5) is 24.3. The lowest BCUT2D eigenvalue weighted by Crippen LogP contribution is -2.04. The van der Waals surface area contributed by atoms with Crippen LogP contribution in [0.5, 0.6) is 11.5 Å². The van der Waals surface area contributed by atoms with Crippen molar-refractivity contribution in [3.05, 3.63) is 82.9 Å². The molecule has 0 amide bonds. The fourth-order valence-corrected chi connectivity index (χ4v) is 2.66. The molecular formula is C21H14O6. The Labute approximate surface area is 153 Å². The number of benzene rings is 2. The highest BCUT2D eigenvalue weighted by Gasteiger charge is 2.16. The summed E-state index contributed by atoms with van der Waals surface area (Å²) in [6.45, 7) is 0. The predicted molar refractivity (Wildman–Crippen MR) is 98.0 cm³/mol. The molecule has 0 radical (unpaired) electrons. The second-order valence-corrected chi connectivity index (χ2v) is 5.71. The molecule has 4 rings (SSSR count). The van der Waals surface area contributed by atoms with Gasteiger partial charge in [-0.1, -0.05) is 18.2 Å². The molecule has 6 nitrogen and oxygen atoms in total. The lowest BCUT2D eigenvalue weighted by atomic mass is 10.1.